The largest absolute Gasteiger partial charge is 0.497 e. The molecule has 0 fully saturated rings. The second kappa shape index (κ2) is 8.68. The lowest BCUT2D eigenvalue weighted by Crippen LogP contribution is -2.23. The lowest BCUT2D eigenvalue weighted by Gasteiger charge is -2.08. The summed E-state index contributed by atoms with van der Waals surface area (Å²) in [5, 5.41) is 6.60. The number of carbonyl (C=O) groups excluding carboxylic acids is 1. The molecule has 0 bridgehead atoms. The summed E-state index contributed by atoms with van der Waals surface area (Å²) >= 11 is 0.340. The molecule has 5 nitrogen and oxygen atoms in total. The van der Waals surface area contributed by atoms with Crippen LogP contribution in [0.25, 0.3) is 11.3 Å². The lowest BCUT2D eigenvalue weighted by atomic mass is 10.1. The van der Waals surface area contributed by atoms with Crippen LogP contribution in [0, 0.1) is 0 Å². The van der Waals surface area contributed by atoms with Crippen molar-refractivity contribution in [1.82, 2.24) is 10.5 Å². The zero-order valence-corrected chi connectivity index (χ0v) is 15.1. The van der Waals surface area contributed by atoms with Gasteiger partial charge in [0.05, 0.1) is 19.2 Å². The fourth-order valence-electron chi connectivity index (χ4n) is 2.43. The summed E-state index contributed by atoms with van der Waals surface area (Å²) in [4.78, 5) is 12.6. The van der Waals surface area contributed by atoms with E-state index >= 15 is 0 Å². The number of nitrogens with one attached hydrogen (secondary N) is 1. The first-order chi connectivity index (χ1) is 13.1. The van der Waals surface area contributed by atoms with Crippen LogP contribution in [0.15, 0.2) is 64.0 Å². The lowest BCUT2D eigenvalue weighted by molar-refractivity contribution is 0.0947. The van der Waals surface area contributed by atoms with Crippen LogP contribution in [0.1, 0.15) is 16.1 Å². The average Bonchev–Trinajstić information content (AvgIpc) is 3.15. The van der Waals surface area contributed by atoms with Crippen LogP contribution in [0.2, 0.25) is 0 Å². The molecule has 0 atom stereocenters. The Bertz CT molecular complexity index is 931. The molecule has 1 amide bonds. The molecule has 0 aliphatic rings. The summed E-state index contributed by atoms with van der Waals surface area (Å²) in [6.45, 7) is 0.111. The van der Waals surface area contributed by atoms with E-state index in [1.165, 1.54) is 12.1 Å². The number of thioether (sulfide) groups is 1. The number of ether oxygens (including phenoxy) is 1. The van der Waals surface area contributed by atoms with Gasteiger partial charge in [-0.3, -0.25) is 4.79 Å². The molecule has 1 aromatic heterocycles. The smallest absolute Gasteiger partial charge is 0.288 e. The third kappa shape index (κ3) is 4.85. The Morgan fingerprint density at radius 3 is 2.81 bits per heavy atom. The molecular weight excluding hydrogens is 374 g/mol. The fraction of sp³-hybridized carbons (Fsp3) is 0.158. The number of halogens is 2. The van der Waals surface area contributed by atoms with Gasteiger partial charge in [-0.05, 0) is 24.3 Å². The first-order valence-electron chi connectivity index (χ1n) is 7.99. The van der Waals surface area contributed by atoms with E-state index in [1.54, 1.807) is 31.4 Å². The van der Waals surface area contributed by atoms with E-state index in [0.29, 0.717) is 29.0 Å². The second-order valence-electron chi connectivity index (χ2n) is 5.47. The Hall–Kier alpha value is -2.87. The maximum absolute atomic E-state index is 12.6. The molecule has 0 aliphatic carbocycles. The van der Waals surface area contributed by atoms with Crippen molar-refractivity contribution in [3.8, 4) is 17.1 Å². The Labute approximate surface area is 158 Å². The third-order valence-corrected chi connectivity index (χ3v) is 4.48. The van der Waals surface area contributed by atoms with Gasteiger partial charge in [0.2, 0.25) is 0 Å². The minimum absolute atomic E-state index is 0.111. The molecular formula is C19H16F2N2O3S. The molecule has 0 saturated carbocycles. The fourth-order valence-corrected chi connectivity index (χ4v) is 3.06. The normalized spacial score (nSPS) is 10.8. The molecule has 1 N–H and O–H groups in total. The molecule has 0 unspecified atom stereocenters. The van der Waals surface area contributed by atoms with Crippen molar-refractivity contribution in [3.63, 3.8) is 0 Å². The van der Waals surface area contributed by atoms with Crippen LogP contribution in [0.4, 0.5) is 8.78 Å². The average molecular weight is 390 g/mol. The van der Waals surface area contributed by atoms with E-state index in [9.17, 15) is 13.6 Å². The van der Waals surface area contributed by atoms with Crippen molar-refractivity contribution in [1.29, 1.82) is 0 Å². The highest BCUT2D eigenvalue weighted by Gasteiger charge is 2.16. The molecule has 1 heterocycles. The minimum Gasteiger partial charge on any atom is -0.497 e. The molecule has 8 heteroatoms. The van der Waals surface area contributed by atoms with Gasteiger partial charge in [-0.1, -0.05) is 41.2 Å². The van der Waals surface area contributed by atoms with Gasteiger partial charge >= 0.3 is 0 Å². The third-order valence-electron chi connectivity index (χ3n) is 3.69. The Morgan fingerprint density at radius 2 is 2.04 bits per heavy atom. The van der Waals surface area contributed by atoms with Gasteiger partial charge in [0.15, 0.2) is 5.76 Å². The quantitative estimate of drug-likeness (QED) is 0.598. The molecule has 0 spiro atoms. The number of alkyl halides is 2. The van der Waals surface area contributed by atoms with E-state index in [0.717, 1.165) is 5.56 Å². The van der Waals surface area contributed by atoms with E-state index in [1.807, 2.05) is 18.2 Å². The molecule has 3 aromatic rings. The van der Waals surface area contributed by atoms with Crippen molar-refractivity contribution in [2.75, 3.05) is 7.11 Å². The van der Waals surface area contributed by atoms with Crippen LogP contribution in [-0.2, 0) is 6.54 Å². The molecule has 0 saturated heterocycles. The van der Waals surface area contributed by atoms with Gasteiger partial charge in [0, 0.05) is 16.5 Å². The van der Waals surface area contributed by atoms with Gasteiger partial charge < -0.3 is 14.6 Å². The number of rotatable bonds is 7. The molecule has 0 radical (unpaired) electrons. The molecule has 2 aromatic carbocycles. The highest BCUT2D eigenvalue weighted by atomic mass is 32.2. The topological polar surface area (TPSA) is 64.4 Å². The number of aromatic nitrogens is 1. The number of hydrogen-bond acceptors (Lipinski definition) is 5. The maximum atomic E-state index is 12.6. The zero-order valence-electron chi connectivity index (χ0n) is 14.3. The molecule has 140 valence electrons. The van der Waals surface area contributed by atoms with E-state index in [-0.39, 0.29) is 17.0 Å². The number of nitrogens with zero attached hydrogens (tertiary/aromatic N) is 1. The number of amides is 1. The van der Waals surface area contributed by atoms with Crippen molar-refractivity contribution in [3.05, 3.63) is 65.9 Å². The van der Waals surface area contributed by atoms with Crippen LogP contribution in [-0.4, -0.2) is 23.9 Å². The highest BCUT2D eigenvalue weighted by Crippen LogP contribution is 2.28. The standard InChI is InChI=1S/C19H16F2N2O3S/c1-25-14-6-4-5-12(9-14)16-10-13(23-26-16)11-22-18(24)15-7-2-3-8-17(15)27-19(20)21/h2-10,19H,11H2,1H3,(H,22,24). The zero-order chi connectivity index (χ0) is 19.2. The summed E-state index contributed by atoms with van der Waals surface area (Å²) in [7, 11) is 1.57. The molecule has 0 aliphatic heterocycles. The maximum Gasteiger partial charge on any atom is 0.288 e. The summed E-state index contributed by atoms with van der Waals surface area (Å²) in [5.41, 5.74) is 1.50. The van der Waals surface area contributed by atoms with E-state index in [2.05, 4.69) is 10.5 Å². The molecule has 3 rings (SSSR count). The Balaban J connectivity index is 1.67. The summed E-state index contributed by atoms with van der Waals surface area (Å²) < 4.78 is 35.7. The highest BCUT2D eigenvalue weighted by molar-refractivity contribution is 7.99. The van der Waals surface area contributed by atoms with E-state index < -0.39 is 11.7 Å². The summed E-state index contributed by atoms with van der Waals surface area (Å²) in [6.07, 6.45) is 0. The van der Waals surface area contributed by atoms with Crippen molar-refractivity contribution < 1.29 is 22.8 Å². The van der Waals surface area contributed by atoms with Crippen LogP contribution >= 0.6 is 11.8 Å². The van der Waals surface area contributed by atoms with Crippen LogP contribution < -0.4 is 10.1 Å². The second-order valence-corrected chi connectivity index (χ2v) is 6.50. The number of benzene rings is 2. The first-order valence-corrected chi connectivity index (χ1v) is 8.87. The number of carbonyl (C=O) groups is 1. The van der Waals surface area contributed by atoms with Gasteiger partial charge in [0.1, 0.15) is 11.4 Å². The Kier molecular flexibility index (Phi) is 6.08. The van der Waals surface area contributed by atoms with Gasteiger partial charge in [-0.25, -0.2) is 0 Å². The number of methoxy groups -OCH3 is 1. The number of hydrogen-bond donors (Lipinski definition) is 1. The summed E-state index contributed by atoms with van der Waals surface area (Å²) in [5.74, 6) is -1.83. The van der Waals surface area contributed by atoms with Gasteiger partial charge in [-0.2, -0.15) is 8.78 Å². The predicted octanol–water partition coefficient (Wildman–Crippen LogP) is 4.59. The Morgan fingerprint density at radius 1 is 1.22 bits per heavy atom. The predicted molar refractivity (Wildman–Crippen MR) is 98.0 cm³/mol. The molecule has 27 heavy (non-hydrogen) atoms. The van der Waals surface area contributed by atoms with Crippen molar-refractivity contribution in [2.45, 2.75) is 17.2 Å². The van der Waals surface area contributed by atoms with Crippen LogP contribution in [0.5, 0.6) is 5.75 Å². The van der Waals surface area contributed by atoms with Gasteiger partial charge in [-0.15, -0.1) is 0 Å². The van der Waals surface area contributed by atoms with Crippen molar-refractivity contribution in [2.24, 2.45) is 0 Å². The summed E-state index contributed by atoms with van der Waals surface area (Å²) in [6, 6.07) is 15.2. The van der Waals surface area contributed by atoms with Crippen molar-refractivity contribution >= 4 is 17.7 Å². The van der Waals surface area contributed by atoms with Crippen LogP contribution in [0.3, 0.4) is 0 Å². The monoisotopic (exact) mass is 390 g/mol. The SMILES string of the molecule is COc1cccc(-c2cc(CNC(=O)c3ccccc3SC(F)F)no2)c1. The minimum atomic E-state index is -2.60. The first kappa shape index (κ1) is 18.9. The van der Waals surface area contributed by atoms with E-state index in [4.69, 9.17) is 9.26 Å². The van der Waals surface area contributed by atoms with Gasteiger partial charge in [0.25, 0.3) is 11.7 Å².